The second-order valence-corrected chi connectivity index (χ2v) is 8.18. The largest absolute Gasteiger partial charge is 0.422 e. The van der Waals surface area contributed by atoms with Crippen molar-refractivity contribution in [3.63, 3.8) is 0 Å². The summed E-state index contributed by atoms with van der Waals surface area (Å²) in [5.41, 5.74) is 5.82. The fraction of sp³-hybridized carbons (Fsp3) is 0.0909. The first-order valence-electron chi connectivity index (χ1n) is 9.10. The minimum Gasteiger partial charge on any atom is -0.422 e. The molecule has 0 atom stereocenters. The van der Waals surface area contributed by atoms with Crippen LogP contribution < -0.4 is 11.1 Å². The molecule has 2 aromatic carbocycles. The maximum atomic E-state index is 12.4. The molecule has 8 heteroatoms. The van der Waals surface area contributed by atoms with Gasteiger partial charge in [-0.15, -0.1) is 11.3 Å². The molecule has 0 saturated carbocycles. The van der Waals surface area contributed by atoms with Crippen molar-refractivity contribution in [1.29, 1.82) is 5.26 Å². The van der Waals surface area contributed by atoms with Crippen LogP contribution in [-0.2, 0) is 6.42 Å². The molecular formula is C22H15BrN4O2S. The predicted octanol–water partition coefficient (Wildman–Crippen LogP) is 5.58. The summed E-state index contributed by atoms with van der Waals surface area (Å²) in [4.78, 5) is 16.8. The van der Waals surface area contributed by atoms with Crippen molar-refractivity contribution in [2.24, 2.45) is 5.10 Å². The van der Waals surface area contributed by atoms with Crippen LogP contribution >= 0.6 is 27.3 Å². The van der Waals surface area contributed by atoms with Crippen LogP contribution in [0.25, 0.3) is 22.2 Å². The van der Waals surface area contributed by atoms with Crippen LogP contribution in [0, 0.1) is 11.3 Å². The Morgan fingerprint density at radius 2 is 2.07 bits per heavy atom. The van der Waals surface area contributed by atoms with Crippen molar-refractivity contribution in [1.82, 2.24) is 4.98 Å². The van der Waals surface area contributed by atoms with Gasteiger partial charge in [0.1, 0.15) is 11.7 Å². The summed E-state index contributed by atoms with van der Waals surface area (Å²) in [5, 5.41) is 16.6. The Labute approximate surface area is 184 Å². The average Bonchev–Trinajstić information content (AvgIpc) is 3.24. The maximum absolute atomic E-state index is 12.4. The van der Waals surface area contributed by atoms with Gasteiger partial charge in [0, 0.05) is 15.2 Å². The molecule has 0 bridgehead atoms. The van der Waals surface area contributed by atoms with Gasteiger partial charge in [-0.3, -0.25) is 5.43 Å². The van der Waals surface area contributed by atoms with Crippen molar-refractivity contribution in [3.8, 4) is 17.3 Å². The van der Waals surface area contributed by atoms with Crippen LogP contribution in [0.1, 0.15) is 17.5 Å². The highest BCUT2D eigenvalue weighted by Gasteiger charge is 2.15. The molecule has 4 aromatic rings. The van der Waals surface area contributed by atoms with Crippen molar-refractivity contribution < 1.29 is 4.42 Å². The molecule has 0 aliphatic heterocycles. The molecular weight excluding hydrogens is 464 g/mol. The first-order valence-corrected chi connectivity index (χ1v) is 10.8. The topological polar surface area (TPSA) is 91.3 Å². The highest BCUT2D eigenvalue weighted by molar-refractivity contribution is 9.10. The third kappa shape index (κ3) is 4.17. The second-order valence-electron chi connectivity index (χ2n) is 6.40. The summed E-state index contributed by atoms with van der Waals surface area (Å²) in [6.45, 7) is 2.09. The molecule has 0 saturated heterocycles. The normalized spacial score (nSPS) is 11.4. The van der Waals surface area contributed by atoms with Gasteiger partial charge in [0.25, 0.3) is 0 Å². The summed E-state index contributed by atoms with van der Waals surface area (Å²) < 4.78 is 6.28. The Hall–Kier alpha value is -3.28. The number of thiazole rings is 1. The smallest absolute Gasteiger partial charge is 0.345 e. The van der Waals surface area contributed by atoms with Gasteiger partial charge < -0.3 is 4.42 Å². The third-order valence-corrected chi connectivity index (χ3v) is 5.78. The molecule has 30 heavy (non-hydrogen) atoms. The Kier molecular flexibility index (Phi) is 5.74. The number of rotatable bonds is 5. The van der Waals surface area contributed by atoms with E-state index in [1.807, 2.05) is 36.4 Å². The van der Waals surface area contributed by atoms with E-state index in [0.29, 0.717) is 21.8 Å². The highest BCUT2D eigenvalue weighted by Crippen LogP contribution is 2.25. The summed E-state index contributed by atoms with van der Waals surface area (Å²) in [7, 11) is 0. The van der Waals surface area contributed by atoms with E-state index in [0.717, 1.165) is 22.0 Å². The molecule has 0 radical (unpaired) electrons. The monoisotopic (exact) mass is 478 g/mol. The van der Waals surface area contributed by atoms with Gasteiger partial charge in [-0.25, -0.2) is 9.78 Å². The zero-order valence-electron chi connectivity index (χ0n) is 15.8. The number of fused-ring (bicyclic) bond motifs is 1. The van der Waals surface area contributed by atoms with Crippen LogP contribution in [-0.4, -0.2) is 10.7 Å². The van der Waals surface area contributed by atoms with E-state index in [1.54, 1.807) is 17.5 Å². The molecule has 6 nitrogen and oxygen atoms in total. The van der Waals surface area contributed by atoms with Crippen molar-refractivity contribution in [3.05, 3.63) is 79.4 Å². The lowest BCUT2D eigenvalue weighted by molar-refractivity contribution is 0.563. The molecule has 0 spiro atoms. The van der Waals surface area contributed by atoms with E-state index >= 15 is 0 Å². The lowest BCUT2D eigenvalue weighted by Crippen LogP contribution is -2.04. The van der Waals surface area contributed by atoms with Gasteiger partial charge in [-0.05, 0) is 48.4 Å². The van der Waals surface area contributed by atoms with E-state index in [2.05, 4.69) is 44.4 Å². The molecule has 2 aromatic heterocycles. The SMILES string of the molecule is CCc1ccc(N/N=C(\C#N)c2nc(-c3cc4cc(Br)ccc4oc3=O)cs2)cc1. The predicted molar refractivity (Wildman–Crippen MR) is 123 cm³/mol. The standard InChI is InChI=1S/C22H15BrN4O2S/c1-2-13-3-6-16(7-4-13)26-27-18(11-24)21-25-19(12-30-21)17-10-14-9-15(23)5-8-20(14)29-22(17)28/h3-10,12,26H,2H2,1H3/b27-18+. The van der Waals surface area contributed by atoms with Crippen LogP contribution in [0.2, 0.25) is 0 Å². The quantitative estimate of drug-likeness (QED) is 0.229. The molecule has 0 unspecified atom stereocenters. The van der Waals surface area contributed by atoms with E-state index in [-0.39, 0.29) is 5.71 Å². The van der Waals surface area contributed by atoms with Crippen molar-refractivity contribution in [2.75, 3.05) is 5.43 Å². The summed E-state index contributed by atoms with van der Waals surface area (Å²) >= 11 is 4.66. The number of nitriles is 1. The number of aryl methyl sites for hydroxylation is 1. The minimum absolute atomic E-state index is 0.138. The zero-order valence-corrected chi connectivity index (χ0v) is 18.3. The number of benzene rings is 2. The van der Waals surface area contributed by atoms with Crippen LogP contribution in [0.15, 0.2) is 72.7 Å². The first-order chi connectivity index (χ1) is 14.6. The van der Waals surface area contributed by atoms with Gasteiger partial charge in [0.2, 0.25) is 0 Å². The number of hydrogen-bond acceptors (Lipinski definition) is 7. The molecule has 0 fully saturated rings. The Bertz CT molecular complexity index is 1350. The molecule has 1 N–H and O–H groups in total. The molecule has 4 rings (SSSR count). The Morgan fingerprint density at radius 1 is 1.27 bits per heavy atom. The molecule has 0 aliphatic carbocycles. The van der Waals surface area contributed by atoms with Crippen LogP contribution in [0.4, 0.5) is 5.69 Å². The number of hydrazone groups is 1. The fourth-order valence-electron chi connectivity index (χ4n) is 2.84. The maximum Gasteiger partial charge on any atom is 0.345 e. The van der Waals surface area contributed by atoms with Gasteiger partial charge in [-0.1, -0.05) is 35.0 Å². The van der Waals surface area contributed by atoms with E-state index < -0.39 is 5.63 Å². The zero-order chi connectivity index (χ0) is 21.1. The highest BCUT2D eigenvalue weighted by atomic mass is 79.9. The molecule has 0 amide bonds. The number of halogens is 1. The Morgan fingerprint density at radius 3 is 2.80 bits per heavy atom. The number of hydrogen-bond donors (Lipinski definition) is 1. The summed E-state index contributed by atoms with van der Waals surface area (Å²) in [6, 6.07) is 17.0. The molecule has 0 aliphatic rings. The van der Waals surface area contributed by atoms with Crippen molar-refractivity contribution in [2.45, 2.75) is 13.3 Å². The van der Waals surface area contributed by atoms with Gasteiger partial charge in [0.05, 0.1) is 16.9 Å². The number of aromatic nitrogens is 1. The third-order valence-electron chi connectivity index (χ3n) is 4.44. The summed E-state index contributed by atoms with van der Waals surface area (Å²) in [6.07, 6.45) is 0.953. The Balaban J connectivity index is 1.63. The lowest BCUT2D eigenvalue weighted by atomic mass is 10.1. The number of anilines is 1. The van der Waals surface area contributed by atoms with Gasteiger partial charge in [0.15, 0.2) is 10.7 Å². The van der Waals surface area contributed by atoms with Crippen LogP contribution in [0.3, 0.4) is 0 Å². The lowest BCUT2D eigenvalue weighted by Gasteiger charge is -2.02. The first kappa shape index (κ1) is 20.0. The van der Waals surface area contributed by atoms with E-state index in [1.165, 1.54) is 16.9 Å². The number of nitrogens with one attached hydrogen (secondary N) is 1. The number of nitrogens with zero attached hydrogens (tertiary/aromatic N) is 3. The molecule has 2 heterocycles. The van der Waals surface area contributed by atoms with Gasteiger partial charge in [-0.2, -0.15) is 10.4 Å². The van der Waals surface area contributed by atoms with Crippen LogP contribution in [0.5, 0.6) is 0 Å². The minimum atomic E-state index is -0.480. The summed E-state index contributed by atoms with van der Waals surface area (Å²) in [5.74, 6) is 0. The fourth-order valence-corrected chi connectivity index (χ4v) is 3.97. The average molecular weight is 479 g/mol. The second kappa shape index (κ2) is 8.61. The van der Waals surface area contributed by atoms with Crippen molar-refractivity contribution >= 4 is 49.6 Å². The molecule has 148 valence electrons. The van der Waals surface area contributed by atoms with E-state index in [9.17, 15) is 10.1 Å². The van der Waals surface area contributed by atoms with Gasteiger partial charge >= 0.3 is 5.63 Å². The van der Waals surface area contributed by atoms with E-state index in [4.69, 9.17) is 4.42 Å².